The van der Waals surface area contributed by atoms with E-state index in [0.717, 1.165) is 0 Å². The van der Waals surface area contributed by atoms with E-state index in [1.165, 1.54) is 6.92 Å². The van der Waals surface area contributed by atoms with Gasteiger partial charge in [-0.3, -0.25) is 9.59 Å². The lowest BCUT2D eigenvalue weighted by Gasteiger charge is -2.27. The van der Waals surface area contributed by atoms with Crippen molar-refractivity contribution in [3.63, 3.8) is 0 Å². The van der Waals surface area contributed by atoms with Gasteiger partial charge in [-0.2, -0.15) is 0 Å². The molecule has 0 amide bonds. The van der Waals surface area contributed by atoms with Crippen molar-refractivity contribution in [2.75, 3.05) is 0 Å². The Morgan fingerprint density at radius 1 is 1.38 bits per heavy atom. The summed E-state index contributed by atoms with van der Waals surface area (Å²) in [5, 5.41) is 26.6. The van der Waals surface area contributed by atoms with Gasteiger partial charge in [0.25, 0.3) is 0 Å². The van der Waals surface area contributed by atoms with Crippen LogP contribution < -0.4 is 0 Å². The van der Waals surface area contributed by atoms with Crippen LogP contribution in [0.15, 0.2) is 0 Å². The maximum atomic E-state index is 10.7. The molecule has 5 nitrogen and oxygen atoms in total. The predicted octanol–water partition coefficient (Wildman–Crippen LogP) is 0.323. The van der Waals surface area contributed by atoms with Crippen molar-refractivity contribution in [3.8, 4) is 0 Å². The molecule has 0 bridgehead atoms. The molecular formula is C8H14O5. The summed E-state index contributed by atoms with van der Waals surface area (Å²) in [5.41, 5.74) is -1.60. The van der Waals surface area contributed by atoms with Crippen molar-refractivity contribution >= 4 is 11.9 Å². The van der Waals surface area contributed by atoms with Crippen molar-refractivity contribution in [1.29, 1.82) is 0 Å². The minimum absolute atomic E-state index is 0.218. The Kier molecular flexibility index (Phi) is 3.87. The summed E-state index contributed by atoms with van der Waals surface area (Å²) in [6, 6.07) is 0. The van der Waals surface area contributed by atoms with E-state index in [4.69, 9.17) is 10.2 Å². The van der Waals surface area contributed by atoms with Crippen molar-refractivity contribution in [1.82, 2.24) is 0 Å². The first-order valence-corrected chi connectivity index (χ1v) is 3.97. The maximum Gasteiger partial charge on any atom is 0.312 e. The third-order valence-corrected chi connectivity index (χ3v) is 2.13. The standard InChI is InChI=1S/C8H14O5/c1-3-5(9)8(2,7(12)13)4-6(10)11/h5,9H,3-4H2,1-2H3,(H,10,11)(H,12,13). The molecule has 3 N–H and O–H groups in total. The SMILES string of the molecule is CCC(O)C(C)(CC(=O)O)C(=O)O. The van der Waals surface area contributed by atoms with Crippen LogP contribution in [0.3, 0.4) is 0 Å². The molecule has 0 rings (SSSR count). The van der Waals surface area contributed by atoms with Gasteiger partial charge >= 0.3 is 11.9 Å². The molecule has 0 aliphatic rings. The molecule has 13 heavy (non-hydrogen) atoms. The Morgan fingerprint density at radius 3 is 2.08 bits per heavy atom. The van der Waals surface area contributed by atoms with Crippen molar-refractivity contribution in [2.24, 2.45) is 5.41 Å². The Labute approximate surface area is 76.0 Å². The van der Waals surface area contributed by atoms with Gasteiger partial charge in [0.15, 0.2) is 0 Å². The van der Waals surface area contributed by atoms with Gasteiger partial charge in [-0.25, -0.2) is 0 Å². The Morgan fingerprint density at radius 2 is 1.85 bits per heavy atom. The molecule has 0 aromatic carbocycles. The molecule has 0 spiro atoms. The van der Waals surface area contributed by atoms with Gasteiger partial charge in [-0.1, -0.05) is 6.92 Å². The number of aliphatic hydroxyl groups is 1. The molecule has 0 aliphatic heterocycles. The van der Waals surface area contributed by atoms with Crippen LogP contribution in [0.1, 0.15) is 26.7 Å². The maximum absolute atomic E-state index is 10.7. The van der Waals surface area contributed by atoms with Gasteiger partial charge in [0, 0.05) is 0 Å². The molecular weight excluding hydrogens is 176 g/mol. The van der Waals surface area contributed by atoms with Crippen LogP contribution in [0.4, 0.5) is 0 Å². The Balaban J connectivity index is 4.72. The third-order valence-electron chi connectivity index (χ3n) is 2.13. The molecule has 76 valence electrons. The Bertz CT molecular complexity index is 213. The van der Waals surface area contributed by atoms with E-state index < -0.39 is 29.9 Å². The van der Waals surface area contributed by atoms with Crippen LogP contribution in [-0.4, -0.2) is 33.4 Å². The molecule has 0 saturated heterocycles. The van der Waals surface area contributed by atoms with Gasteiger partial charge < -0.3 is 15.3 Å². The van der Waals surface area contributed by atoms with Gasteiger partial charge in [0.05, 0.1) is 12.5 Å². The smallest absolute Gasteiger partial charge is 0.312 e. The molecule has 2 atom stereocenters. The zero-order valence-corrected chi connectivity index (χ0v) is 7.65. The second-order valence-electron chi connectivity index (χ2n) is 3.22. The number of hydrogen-bond donors (Lipinski definition) is 3. The zero-order valence-electron chi connectivity index (χ0n) is 7.65. The molecule has 5 heteroatoms. The fourth-order valence-electron chi connectivity index (χ4n) is 1.10. The van der Waals surface area contributed by atoms with E-state index >= 15 is 0 Å². The van der Waals surface area contributed by atoms with E-state index in [2.05, 4.69) is 0 Å². The largest absolute Gasteiger partial charge is 0.481 e. The average molecular weight is 190 g/mol. The quantitative estimate of drug-likeness (QED) is 0.580. The number of aliphatic carboxylic acids is 2. The van der Waals surface area contributed by atoms with Crippen molar-refractivity contribution < 1.29 is 24.9 Å². The normalized spacial score (nSPS) is 17.5. The first kappa shape index (κ1) is 11.9. The highest BCUT2D eigenvalue weighted by Crippen LogP contribution is 2.28. The number of carboxylic acid groups (broad SMARTS) is 2. The summed E-state index contributed by atoms with van der Waals surface area (Å²) in [7, 11) is 0. The highest BCUT2D eigenvalue weighted by molar-refractivity contribution is 5.81. The second kappa shape index (κ2) is 4.23. The highest BCUT2D eigenvalue weighted by Gasteiger charge is 2.41. The number of aliphatic hydroxyl groups excluding tert-OH is 1. The van der Waals surface area contributed by atoms with Crippen LogP contribution >= 0.6 is 0 Å². The van der Waals surface area contributed by atoms with Crippen LogP contribution in [0.2, 0.25) is 0 Å². The minimum Gasteiger partial charge on any atom is -0.481 e. The van der Waals surface area contributed by atoms with Gasteiger partial charge in [0.1, 0.15) is 5.41 Å². The van der Waals surface area contributed by atoms with E-state index in [1.54, 1.807) is 6.92 Å². The summed E-state index contributed by atoms with van der Waals surface area (Å²) in [6.07, 6.45) is -1.49. The van der Waals surface area contributed by atoms with Crippen LogP contribution in [0.25, 0.3) is 0 Å². The molecule has 0 aliphatic carbocycles. The zero-order chi connectivity index (χ0) is 10.6. The predicted molar refractivity (Wildman–Crippen MR) is 44.3 cm³/mol. The number of carbonyl (C=O) groups is 2. The molecule has 0 saturated carbocycles. The summed E-state index contributed by atoms with van der Waals surface area (Å²) in [4.78, 5) is 21.1. The van der Waals surface area contributed by atoms with E-state index in [-0.39, 0.29) is 6.42 Å². The second-order valence-corrected chi connectivity index (χ2v) is 3.22. The van der Waals surface area contributed by atoms with Crippen molar-refractivity contribution in [2.45, 2.75) is 32.8 Å². The molecule has 2 unspecified atom stereocenters. The van der Waals surface area contributed by atoms with Crippen molar-refractivity contribution in [3.05, 3.63) is 0 Å². The molecule has 0 fully saturated rings. The summed E-state index contributed by atoms with van der Waals surface area (Å²) in [5.74, 6) is -2.51. The van der Waals surface area contributed by atoms with Crippen LogP contribution in [-0.2, 0) is 9.59 Å². The van der Waals surface area contributed by atoms with Gasteiger partial charge in [0.2, 0.25) is 0 Å². The Hall–Kier alpha value is -1.10. The van der Waals surface area contributed by atoms with Gasteiger partial charge in [-0.05, 0) is 13.3 Å². The van der Waals surface area contributed by atoms with E-state index in [1.807, 2.05) is 0 Å². The summed E-state index contributed by atoms with van der Waals surface area (Å²) in [6.45, 7) is 2.84. The molecule has 0 aromatic rings. The highest BCUT2D eigenvalue weighted by atomic mass is 16.4. The summed E-state index contributed by atoms with van der Waals surface area (Å²) >= 11 is 0. The molecule has 0 radical (unpaired) electrons. The average Bonchev–Trinajstić information content (AvgIpc) is 2.01. The fraction of sp³-hybridized carbons (Fsp3) is 0.750. The number of carboxylic acids is 2. The molecule has 0 aromatic heterocycles. The molecule has 0 heterocycles. The first-order valence-electron chi connectivity index (χ1n) is 3.97. The lowest BCUT2D eigenvalue weighted by molar-refractivity contribution is -0.162. The lowest BCUT2D eigenvalue weighted by atomic mass is 9.80. The first-order chi connectivity index (χ1) is 5.84. The number of rotatable bonds is 5. The lowest BCUT2D eigenvalue weighted by Crippen LogP contribution is -2.41. The fourth-order valence-corrected chi connectivity index (χ4v) is 1.10. The number of hydrogen-bond acceptors (Lipinski definition) is 3. The summed E-state index contributed by atoms with van der Waals surface area (Å²) < 4.78 is 0. The minimum atomic E-state index is -1.60. The topological polar surface area (TPSA) is 94.8 Å². The van der Waals surface area contributed by atoms with E-state index in [0.29, 0.717) is 0 Å². The van der Waals surface area contributed by atoms with Crippen LogP contribution in [0, 0.1) is 5.41 Å². The monoisotopic (exact) mass is 190 g/mol. The third kappa shape index (κ3) is 2.69. The van der Waals surface area contributed by atoms with E-state index in [9.17, 15) is 14.7 Å². The van der Waals surface area contributed by atoms with Crippen LogP contribution in [0.5, 0.6) is 0 Å². The van der Waals surface area contributed by atoms with Gasteiger partial charge in [-0.15, -0.1) is 0 Å².